The maximum absolute atomic E-state index is 5.82. The maximum atomic E-state index is 5.82. The van der Waals surface area contributed by atoms with Crippen molar-refractivity contribution < 1.29 is 0 Å². The van der Waals surface area contributed by atoms with Gasteiger partial charge in [0.15, 0.2) is 5.96 Å². The number of nitrogens with zero attached hydrogens (tertiary/aromatic N) is 3. The fourth-order valence-electron chi connectivity index (χ4n) is 3.16. The Kier molecular flexibility index (Phi) is 6.86. The van der Waals surface area contributed by atoms with E-state index in [1.807, 2.05) is 6.07 Å². The number of rotatable bonds is 5. The molecule has 0 aliphatic carbocycles. The average Bonchev–Trinajstić information content (AvgIpc) is 2.68. The SMILES string of the molecule is CN=C(NCc1ccc(Cl)nc1)NC1CCN(Cc2ccccc2)CC1. The topological polar surface area (TPSA) is 52.6 Å². The van der Waals surface area contributed by atoms with Gasteiger partial charge in [0, 0.05) is 45.5 Å². The smallest absolute Gasteiger partial charge is 0.191 e. The lowest BCUT2D eigenvalue weighted by Gasteiger charge is -2.33. The first kappa shape index (κ1) is 18.7. The lowest BCUT2D eigenvalue weighted by Crippen LogP contribution is -2.48. The van der Waals surface area contributed by atoms with E-state index in [4.69, 9.17) is 11.6 Å². The van der Waals surface area contributed by atoms with Crippen molar-refractivity contribution in [1.82, 2.24) is 20.5 Å². The van der Waals surface area contributed by atoms with Crippen LogP contribution >= 0.6 is 11.6 Å². The standard InChI is InChI=1S/C20H26ClN5/c1-22-20(24-14-17-7-8-19(21)23-13-17)25-18-9-11-26(12-10-18)15-16-5-3-2-4-6-16/h2-8,13,18H,9-12,14-15H2,1H3,(H2,22,24,25). The molecule has 26 heavy (non-hydrogen) atoms. The molecule has 2 heterocycles. The summed E-state index contributed by atoms with van der Waals surface area (Å²) in [6.45, 7) is 3.91. The molecule has 1 aliphatic heterocycles. The quantitative estimate of drug-likeness (QED) is 0.482. The van der Waals surface area contributed by atoms with E-state index in [2.05, 4.69) is 55.8 Å². The normalized spacial score (nSPS) is 16.5. The van der Waals surface area contributed by atoms with Crippen molar-refractivity contribution in [2.75, 3.05) is 20.1 Å². The molecule has 3 rings (SSSR count). The fraction of sp³-hybridized carbons (Fsp3) is 0.400. The molecule has 0 spiro atoms. The molecule has 0 radical (unpaired) electrons. The minimum Gasteiger partial charge on any atom is -0.354 e. The summed E-state index contributed by atoms with van der Waals surface area (Å²) in [5.74, 6) is 0.835. The van der Waals surface area contributed by atoms with Crippen LogP contribution in [0.4, 0.5) is 0 Å². The van der Waals surface area contributed by atoms with Gasteiger partial charge in [-0.1, -0.05) is 48.0 Å². The van der Waals surface area contributed by atoms with Gasteiger partial charge in [0.25, 0.3) is 0 Å². The number of hydrogen-bond acceptors (Lipinski definition) is 3. The van der Waals surface area contributed by atoms with Gasteiger partial charge in [-0.15, -0.1) is 0 Å². The second-order valence-corrected chi connectivity index (χ2v) is 6.98. The minimum absolute atomic E-state index is 0.455. The van der Waals surface area contributed by atoms with Crippen LogP contribution in [0.25, 0.3) is 0 Å². The van der Waals surface area contributed by atoms with Crippen molar-refractivity contribution in [3.8, 4) is 0 Å². The van der Waals surface area contributed by atoms with Crippen molar-refractivity contribution in [2.45, 2.75) is 32.0 Å². The van der Waals surface area contributed by atoms with E-state index < -0.39 is 0 Å². The van der Waals surface area contributed by atoms with Gasteiger partial charge in [0.05, 0.1) is 0 Å². The van der Waals surface area contributed by atoms with E-state index in [1.165, 1.54) is 5.56 Å². The summed E-state index contributed by atoms with van der Waals surface area (Å²) in [5.41, 5.74) is 2.46. The van der Waals surface area contributed by atoms with E-state index in [9.17, 15) is 0 Å². The number of benzene rings is 1. The average molecular weight is 372 g/mol. The van der Waals surface area contributed by atoms with Gasteiger partial charge >= 0.3 is 0 Å². The Balaban J connectivity index is 1.41. The summed E-state index contributed by atoms with van der Waals surface area (Å²) >= 11 is 5.82. The number of aliphatic imine (C=N–C) groups is 1. The van der Waals surface area contributed by atoms with E-state index in [1.54, 1.807) is 19.3 Å². The molecule has 0 atom stereocenters. The molecule has 6 heteroatoms. The minimum atomic E-state index is 0.455. The molecule has 1 saturated heterocycles. The summed E-state index contributed by atoms with van der Waals surface area (Å²) < 4.78 is 0. The molecule has 0 unspecified atom stereocenters. The lowest BCUT2D eigenvalue weighted by molar-refractivity contribution is 0.198. The van der Waals surface area contributed by atoms with Crippen molar-refractivity contribution >= 4 is 17.6 Å². The number of hydrogen-bond donors (Lipinski definition) is 2. The largest absolute Gasteiger partial charge is 0.354 e. The molecule has 1 aromatic carbocycles. The summed E-state index contributed by atoms with van der Waals surface area (Å²) in [6, 6.07) is 14.9. The number of likely N-dealkylation sites (tertiary alicyclic amines) is 1. The van der Waals surface area contributed by atoms with Crippen LogP contribution in [0.5, 0.6) is 0 Å². The Morgan fingerprint density at radius 1 is 1.15 bits per heavy atom. The molecule has 0 saturated carbocycles. The first-order chi connectivity index (χ1) is 12.7. The highest BCUT2D eigenvalue weighted by Crippen LogP contribution is 2.14. The third kappa shape index (κ3) is 5.71. The Morgan fingerprint density at radius 2 is 1.92 bits per heavy atom. The first-order valence-electron chi connectivity index (χ1n) is 9.07. The molecular weight excluding hydrogens is 346 g/mol. The second kappa shape index (κ2) is 9.55. The monoisotopic (exact) mass is 371 g/mol. The highest BCUT2D eigenvalue weighted by atomic mass is 35.5. The van der Waals surface area contributed by atoms with E-state index in [-0.39, 0.29) is 0 Å². The number of guanidine groups is 1. The lowest BCUT2D eigenvalue weighted by atomic mass is 10.0. The third-order valence-corrected chi connectivity index (χ3v) is 4.87. The van der Waals surface area contributed by atoms with E-state index >= 15 is 0 Å². The van der Waals surface area contributed by atoms with Crippen LogP contribution in [0.2, 0.25) is 5.15 Å². The van der Waals surface area contributed by atoms with Crippen LogP contribution in [-0.4, -0.2) is 42.0 Å². The van der Waals surface area contributed by atoms with Gasteiger partial charge in [-0.05, 0) is 30.0 Å². The Labute approximate surface area is 160 Å². The van der Waals surface area contributed by atoms with Gasteiger partial charge < -0.3 is 10.6 Å². The van der Waals surface area contributed by atoms with Gasteiger partial charge in [-0.2, -0.15) is 0 Å². The highest BCUT2D eigenvalue weighted by Gasteiger charge is 2.19. The molecule has 5 nitrogen and oxygen atoms in total. The third-order valence-electron chi connectivity index (χ3n) is 4.65. The highest BCUT2D eigenvalue weighted by molar-refractivity contribution is 6.29. The molecule has 138 valence electrons. The fourth-order valence-corrected chi connectivity index (χ4v) is 3.27. The van der Waals surface area contributed by atoms with E-state index in [0.717, 1.165) is 44.0 Å². The molecule has 2 aromatic rings. The Bertz CT molecular complexity index is 694. The van der Waals surface area contributed by atoms with Crippen LogP contribution in [0.1, 0.15) is 24.0 Å². The van der Waals surface area contributed by atoms with Gasteiger partial charge in [-0.25, -0.2) is 4.98 Å². The number of nitrogens with one attached hydrogen (secondary N) is 2. The molecule has 0 amide bonds. The van der Waals surface area contributed by atoms with Crippen molar-refractivity contribution in [1.29, 1.82) is 0 Å². The van der Waals surface area contributed by atoms with Crippen LogP contribution in [0, 0.1) is 0 Å². The maximum Gasteiger partial charge on any atom is 0.191 e. The predicted molar refractivity (Wildman–Crippen MR) is 107 cm³/mol. The first-order valence-corrected chi connectivity index (χ1v) is 9.44. The number of halogens is 1. The zero-order chi connectivity index (χ0) is 18.2. The van der Waals surface area contributed by atoms with Crippen molar-refractivity contribution in [3.05, 3.63) is 64.9 Å². The molecule has 1 fully saturated rings. The number of aromatic nitrogens is 1. The molecule has 2 N–H and O–H groups in total. The molecule has 0 bridgehead atoms. The zero-order valence-corrected chi connectivity index (χ0v) is 15.9. The Morgan fingerprint density at radius 3 is 2.58 bits per heavy atom. The zero-order valence-electron chi connectivity index (χ0n) is 15.2. The molecule has 1 aromatic heterocycles. The van der Waals surface area contributed by atoms with Crippen LogP contribution in [0.15, 0.2) is 53.7 Å². The van der Waals surface area contributed by atoms with Gasteiger partial charge in [0.2, 0.25) is 0 Å². The number of pyridine rings is 1. The summed E-state index contributed by atoms with van der Waals surface area (Å²) in [4.78, 5) is 11.0. The van der Waals surface area contributed by atoms with E-state index in [0.29, 0.717) is 17.7 Å². The van der Waals surface area contributed by atoms with Crippen LogP contribution in [-0.2, 0) is 13.1 Å². The number of piperidine rings is 1. The van der Waals surface area contributed by atoms with Gasteiger partial charge in [0.1, 0.15) is 5.15 Å². The van der Waals surface area contributed by atoms with Crippen LogP contribution in [0.3, 0.4) is 0 Å². The van der Waals surface area contributed by atoms with Crippen molar-refractivity contribution in [3.63, 3.8) is 0 Å². The summed E-state index contributed by atoms with van der Waals surface area (Å²) in [7, 11) is 1.81. The van der Waals surface area contributed by atoms with Crippen molar-refractivity contribution in [2.24, 2.45) is 4.99 Å². The second-order valence-electron chi connectivity index (χ2n) is 6.60. The summed E-state index contributed by atoms with van der Waals surface area (Å²) in [5, 5.41) is 7.40. The van der Waals surface area contributed by atoms with Crippen LogP contribution < -0.4 is 10.6 Å². The predicted octanol–water partition coefficient (Wildman–Crippen LogP) is 3.06. The molecular formula is C20H26ClN5. The Hall–Kier alpha value is -2.11. The van der Waals surface area contributed by atoms with Gasteiger partial charge in [-0.3, -0.25) is 9.89 Å². The molecule has 1 aliphatic rings. The summed E-state index contributed by atoms with van der Waals surface area (Å²) in [6.07, 6.45) is 4.02.